The van der Waals surface area contributed by atoms with Gasteiger partial charge < -0.3 is 14.9 Å². The lowest BCUT2D eigenvalue weighted by molar-refractivity contribution is -0.132. The van der Waals surface area contributed by atoms with Crippen molar-refractivity contribution < 1.29 is 14.7 Å². The summed E-state index contributed by atoms with van der Waals surface area (Å²) in [5.41, 5.74) is -0.177. The van der Waals surface area contributed by atoms with Crippen LogP contribution in [0.5, 0.6) is 0 Å². The number of carboxylic acid groups (broad SMARTS) is 1. The molecule has 2 amide bonds. The summed E-state index contributed by atoms with van der Waals surface area (Å²) >= 11 is 3.14. The molecule has 0 spiro atoms. The van der Waals surface area contributed by atoms with Gasteiger partial charge in [0.05, 0.1) is 11.4 Å². The van der Waals surface area contributed by atoms with Crippen LogP contribution in [0.3, 0.4) is 0 Å². The van der Waals surface area contributed by atoms with E-state index < -0.39 is 6.09 Å². The molecule has 0 bridgehead atoms. The summed E-state index contributed by atoms with van der Waals surface area (Å²) in [5.74, 6) is 0.0179. The molecule has 1 fully saturated rings. The molecule has 1 unspecified atom stereocenters. The number of hydrogen-bond acceptors (Lipinski definition) is 2. The van der Waals surface area contributed by atoms with Crippen LogP contribution in [0.2, 0.25) is 0 Å². The molecular formula is C11H19BrN2O3. The van der Waals surface area contributed by atoms with Gasteiger partial charge in [0.2, 0.25) is 5.91 Å². The number of rotatable bonds is 1. The number of alkyl halides is 1. The Balaban J connectivity index is 2.84. The maximum atomic E-state index is 11.6. The lowest BCUT2D eigenvalue weighted by Gasteiger charge is -2.45. The van der Waals surface area contributed by atoms with Gasteiger partial charge in [-0.15, -0.1) is 0 Å². The molecule has 0 radical (unpaired) electrons. The van der Waals surface area contributed by atoms with Crippen molar-refractivity contribution in [2.45, 2.75) is 26.8 Å². The molecule has 5 nitrogen and oxygen atoms in total. The van der Waals surface area contributed by atoms with Crippen LogP contribution in [0.1, 0.15) is 20.8 Å². The van der Waals surface area contributed by atoms with Crippen molar-refractivity contribution in [1.29, 1.82) is 0 Å². The van der Waals surface area contributed by atoms with E-state index in [1.165, 1.54) is 4.90 Å². The summed E-state index contributed by atoms with van der Waals surface area (Å²) in [4.78, 5) is 26.0. The summed E-state index contributed by atoms with van der Waals surface area (Å²) in [6.45, 7) is 7.32. The van der Waals surface area contributed by atoms with E-state index in [2.05, 4.69) is 15.9 Å². The molecule has 17 heavy (non-hydrogen) atoms. The summed E-state index contributed by atoms with van der Waals surface area (Å²) < 4.78 is 0. The summed E-state index contributed by atoms with van der Waals surface area (Å²) in [6.07, 6.45) is -0.907. The van der Waals surface area contributed by atoms with Crippen molar-refractivity contribution in [2.75, 3.05) is 25.0 Å². The molecule has 0 saturated carbocycles. The smallest absolute Gasteiger partial charge is 0.407 e. The van der Waals surface area contributed by atoms with Crippen LogP contribution in [0.25, 0.3) is 0 Å². The number of hydrogen-bond donors (Lipinski definition) is 1. The maximum absolute atomic E-state index is 11.6. The van der Waals surface area contributed by atoms with Crippen LogP contribution in [-0.2, 0) is 4.79 Å². The highest BCUT2D eigenvalue weighted by Crippen LogP contribution is 2.27. The lowest BCUT2D eigenvalue weighted by atomic mass is 9.84. The van der Waals surface area contributed by atoms with Crippen LogP contribution >= 0.6 is 15.9 Å². The van der Waals surface area contributed by atoms with Gasteiger partial charge in [-0.2, -0.15) is 0 Å². The predicted octanol–water partition coefficient (Wildman–Crippen LogP) is 1.62. The molecule has 1 atom stereocenters. The van der Waals surface area contributed by atoms with Crippen LogP contribution in [0.4, 0.5) is 4.79 Å². The minimum Gasteiger partial charge on any atom is -0.465 e. The van der Waals surface area contributed by atoms with E-state index in [1.54, 1.807) is 4.90 Å². The molecule has 1 N–H and O–H groups in total. The molecule has 6 heteroatoms. The van der Waals surface area contributed by atoms with Gasteiger partial charge in [-0.05, 0) is 5.41 Å². The second kappa shape index (κ2) is 5.25. The van der Waals surface area contributed by atoms with Gasteiger partial charge in [-0.3, -0.25) is 4.79 Å². The minimum absolute atomic E-state index is 0.0179. The zero-order valence-corrected chi connectivity index (χ0v) is 12.0. The van der Waals surface area contributed by atoms with Gasteiger partial charge in [0.25, 0.3) is 0 Å². The van der Waals surface area contributed by atoms with Crippen LogP contribution < -0.4 is 0 Å². The first-order chi connectivity index (χ1) is 7.77. The highest BCUT2D eigenvalue weighted by molar-refractivity contribution is 9.09. The maximum Gasteiger partial charge on any atom is 0.407 e. The fourth-order valence-electron chi connectivity index (χ4n) is 2.06. The second-order valence-corrected chi connectivity index (χ2v) is 5.89. The number of carbonyl (C=O) groups excluding carboxylic acids is 1. The van der Waals surface area contributed by atoms with E-state index in [9.17, 15) is 9.59 Å². The van der Waals surface area contributed by atoms with Crippen LogP contribution in [0.15, 0.2) is 0 Å². The molecule has 0 aromatic heterocycles. The Bertz CT molecular complexity index is 314. The Morgan fingerprint density at radius 1 is 1.35 bits per heavy atom. The van der Waals surface area contributed by atoms with E-state index in [0.29, 0.717) is 19.6 Å². The summed E-state index contributed by atoms with van der Waals surface area (Å²) in [6, 6.07) is -0.156. The zero-order valence-electron chi connectivity index (χ0n) is 10.4. The van der Waals surface area contributed by atoms with Crippen LogP contribution in [-0.4, -0.2) is 57.9 Å². The average molecular weight is 307 g/mol. The third-order valence-electron chi connectivity index (χ3n) is 3.09. The monoisotopic (exact) mass is 306 g/mol. The SMILES string of the molecule is CC(C)(C)C1CN(C(=O)CBr)CCN1C(=O)O. The van der Waals surface area contributed by atoms with Crippen molar-refractivity contribution in [3.8, 4) is 0 Å². The second-order valence-electron chi connectivity index (χ2n) is 5.33. The van der Waals surface area contributed by atoms with Crippen molar-refractivity contribution in [3.63, 3.8) is 0 Å². The Hall–Kier alpha value is -0.780. The largest absolute Gasteiger partial charge is 0.465 e. The first kappa shape index (κ1) is 14.3. The van der Waals surface area contributed by atoms with Crippen molar-refractivity contribution in [1.82, 2.24) is 9.80 Å². The van der Waals surface area contributed by atoms with Crippen molar-refractivity contribution >= 4 is 27.9 Å². The van der Waals surface area contributed by atoms with E-state index >= 15 is 0 Å². The number of piperazine rings is 1. The highest BCUT2D eigenvalue weighted by atomic mass is 79.9. The standard InChI is InChI=1S/C11H19BrN2O3/c1-11(2,3)8-7-13(9(15)6-12)4-5-14(8)10(16)17/h8H,4-7H2,1-3H3,(H,16,17). The van der Waals surface area contributed by atoms with Gasteiger partial charge in [0.15, 0.2) is 0 Å². The first-order valence-electron chi connectivity index (χ1n) is 5.60. The van der Waals surface area contributed by atoms with E-state index in [4.69, 9.17) is 5.11 Å². The third-order valence-corrected chi connectivity index (χ3v) is 3.57. The van der Waals surface area contributed by atoms with Gasteiger partial charge in [-0.25, -0.2) is 4.79 Å². The molecule has 1 aliphatic rings. The van der Waals surface area contributed by atoms with E-state index in [0.717, 1.165) is 0 Å². The number of nitrogens with zero attached hydrogens (tertiary/aromatic N) is 2. The molecule has 98 valence electrons. The number of carbonyl (C=O) groups is 2. The quantitative estimate of drug-likeness (QED) is 0.749. The topological polar surface area (TPSA) is 60.9 Å². The van der Waals surface area contributed by atoms with Crippen molar-refractivity contribution in [3.05, 3.63) is 0 Å². The Morgan fingerprint density at radius 3 is 2.35 bits per heavy atom. The average Bonchev–Trinajstić information content (AvgIpc) is 2.25. The molecule has 0 aromatic carbocycles. The molecule has 1 rings (SSSR count). The summed E-state index contributed by atoms with van der Waals surface area (Å²) in [7, 11) is 0. The Kier molecular flexibility index (Phi) is 4.41. The van der Waals surface area contributed by atoms with Gasteiger partial charge in [0, 0.05) is 19.6 Å². The molecule has 0 aromatic rings. The van der Waals surface area contributed by atoms with Gasteiger partial charge >= 0.3 is 6.09 Å². The highest BCUT2D eigenvalue weighted by Gasteiger charge is 2.38. The minimum atomic E-state index is -0.907. The van der Waals surface area contributed by atoms with Gasteiger partial charge in [-0.1, -0.05) is 36.7 Å². The predicted molar refractivity (Wildman–Crippen MR) is 68.3 cm³/mol. The first-order valence-corrected chi connectivity index (χ1v) is 6.73. The molecule has 0 aliphatic carbocycles. The third kappa shape index (κ3) is 3.34. The number of amides is 2. The summed E-state index contributed by atoms with van der Waals surface area (Å²) in [5, 5.41) is 9.46. The van der Waals surface area contributed by atoms with E-state index in [-0.39, 0.29) is 22.7 Å². The lowest BCUT2D eigenvalue weighted by Crippen LogP contribution is -2.60. The fourth-order valence-corrected chi connectivity index (χ4v) is 2.42. The van der Waals surface area contributed by atoms with Gasteiger partial charge in [0.1, 0.15) is 0 Å². The Labute approximate surface area is 110 Å². The van der Waals surface area contributed by atoms with Crippen LogP contribution in [0, 0.1) is 5.41 Å². The Morgan fingerprint density at radius 2 is 1.94 bits per heavy atom. The fraction of sp³-hybridized carbons (Fsp3) is 0.818. The van der Waals surface area contributed by atoms with E-state index in [1.807, 2.05) is 20.8 Å². The molecule has 1 aliphatic heterocycles. The zero-order chi connectivity index (χ0) is 13.2. The molecule has 1 saturated heterocycles. The molecular weight excluding hydrogens is 288 g/mol. The molecule has 1 heterocycles. The normalized spacial score (nSPS) is 21.5. The number of halogens is 1. The van der Waals surface area contributed by atoms with Crippen molar-refractivity contribution in [2.24, 2.45) is 5.41 Å².